The topological polar surface area (TPSA) is 0 Å². The molecule has 2 atom stereocenters. The first kappa shape index (κ1) is 72.8. The van der Waals surface area contributed by atoms with Crippen molar-refractivity contribution >= 4 is 0 Å². The van der Waals surface area contributed by atoms with Gasteiger partial charge in [-0.15, -0.1) is 0 Å². The molecule has 3 saturated carbocycles. The Morgan fingerprint density at radius 1 is 0.418 bits per heavy atom. The molecule has 0 radical (unpaired) electrons. The Kier molecular flexibility index (Phi) is 34.1. The highest BCUT2D eigenvalue weighted by molar-refractivity contribution is 5.35. The molecule has 3 aliphatic carbocycles. The zero-order valence-corrected chi connectivity index (χ0v) is 57.7. The third kappa shape index (κ3) is 29.2. The van der Waals surface area contributed by atoms with Gasteiger partial charge in [0.05, 0.1) is 0 Å². The molecule has 0 nitrogen and oxygen atoms in total. The van der Waals surface area contributed by atoms with Crippen LogP contribution in [0.15, 0.2) is 66.7 Å². The molecule has 3 aromatic carbocycles. The fraction of sp³-hybridized carbons (Fsp3) is 0.772. The van der Waals surface area contributed by atoms with Gasteiger partial charge in [-0.3, -0.25) is 0 Å². The zero-order valence-electron chi connectivity index (χ0n) is 57.7. The smallest absolute Gasteiger partial charge is 0.00258 e. The lowest BCUT2D eigenvalue weighted by molar-refractivity contribution is 0.00629. The highest BCUT2D eigenvalue weighted by Gasteiger charge is 2.43. The highest BCUT2D eigenvalue weighted by Crippen LogP contribution is 2.53. The van der Waals surface area contributed by atoms with Gasteiger partial charge in [-0.1, -0.05) is 290 Å². The van der Waals surface area contributed by atoms with Crippen LogP contribution >= 0.6 is 0 Å². The van der Waals surface area contributed by atoms with E-state index in [2.05, 4.69) is 233 Å². The van der Waals surface area contributed by atoms with Gasteiger partial charge in [-0.25, -0.2) is 0 Å². The SMILES string of the molecule is CC(C)C1CCC(CC2CCC(C(C)C)CC2)CC1.CC(C)CC1(C)CCC(C)(C)C(C(C)C)C1.CC(C)CCCCCCC(C)C.CC(C)c1ccc(Cc2ccc(C(C)C)cc2)cc1.Cc1ccc(C(C)C)cc1C(C)C. The number of benzene rings is 3. The van der Waals surface area contributed by atoms with Crippen LogP contribution in [-0.2, 0) is 6.42 Å². The Bertz CT molecular complexity index is 1870. The number of unbranched alkanes of at least 4 members (excludes halogenated alkanes) is 3. The second-order valence-electron chi connectivity index (χ2n) is 31.4. The van der Waals surface area contributed by atoms with Crippen molar-refractivity contribution in [2.45, 2.75) is 318 Å². The molecule has 79 heavy (non-hydrogen) atoms. The van der Waals surface area contributed by atoms with E-state index in [0.717, 1.165) is 71.5 Å². The van der Waals surface area contributed by atoms with E-state index >= 15 is 0 Å². The molecule has 6 rings (SSSR count). The van der Waals surface area contributed by atoms with E-state index in [0.29, 0.717) is 34.5 Å². The summed E-state index contributed by atoms with van der Waals surface area (Å²) in [6, 6.07) is 24.9. The van der Waals surface area contributed by atoms with Crippen molar-refractivity contribution in [3.63, 3.8) is 0 Å². The summed E-state index contributed by atoms with van der Waals surface area (Å²) in [6.07, 6.45) is 29.1. The average Bonchev–Trinajstić information content (AvgIpc) is 3.39. The zero-order chi connectivity index (χ0) is 59.6. The molecular formula is C79H138. The first-order chi connectivity index (χ1) is 36.9. The first-order valence-electron chi connectivity index (χ1n) is 34.2. The minimum absolute atomic E-state index is 0.560. The normalized spacial score (nSPS) is 22.2. The van der Waals surface area contributed by atoms with Gasteiger partial charge in [0.25, 0.3) is 0 Å². The van der Waals surface area contributed by atoms with Crippen LogP contribution in [0.5, 0.6) is 0 Å². The summed E-state index contributed by atoms with van der Waals surface area (Å²) < 4.78 is 0. The van der Waals surface area contributed by atoms with Crippen molar-refractivity contribution in [2.24, 2.45) is 75.9 Å². The summed E-state index contributed by atoms with van der Waals surface area (Å²) in [5, 5.41) is 0. The van der Waals surface area contributed by atoms with Gasteiger partial charge in [0, 0.05) is 0 Å². The summed E-state index contributed by atoms with van der Waals surface area (Å²) in [7, 11) is 0. The molecule has 0 spiro atoms. The number of aryl methyl sites for hydroxylation is 1. The standard InChI is InChI=1S/C19H36.C19H24.C16H32.C13H20.C12H26/c2*1-14(2)18-9-5-16(6-10-18)13-17-7-11-19(12-8-17)15(3)4;1-12(2)10-16(7)9-8-15(5,6)14(11-16)13(3)4;1-9(2)12-7-6-11(5)13(8-12)10(3)4;1-11(2)9-7-5-6-8-10-12(3)4/h14-19H,5-13H2,1-4H3;5-12,14-15H,13H2,1-4H3;12-14H,8-11H2,1-7H3;6-10H,1-5H3;11-12H,5-10H2,1-4H3. The van der Waals surface area contributed by atoms with Crippen molar-refractivity contribution in [1.82, 2.24) is 0 Å². The lowest BCUT2D eigenvalue weighted by Crippen LogP contribution is -2.40. The van der Waals surface area contributed by atoms with E-state index in [9.17, 15) is 0 Å². The molecule has 0 aliphatic heterocycles. The molecule has 0 aromatic heterocycles. The molecule has 0 N–H and O–H groups in total. The largest absolute Gasteiger partial charge is 0.0628 e. The number of hydrogen-bond donors (Lipinski definition) is 0. The first-order valence-corrected chi connectivity index (χ1v) is 34.2. The van der Waals surface area contributed by atoms with Gasteiger partial charge in [-0.2, -0.15) is 0 Å². The van der Waals surface area contributed by atoms with Gasteiger partial charge in [0.15, 0.2) is 0 Å². The predicted octanol–water partition coefficient (Wildman–Crippen LogP) is 26.2. The van der Waals surface area contributed by atoms with Gasteiger partial charge in [0.2, 0.25) is 0 Å². The molecule has 0 heteroatoms. The van der Waals surface area contributed by atoms with E-state index in [4.69, 9.17) is 0 Å². The lowest BCUT2D eigenvalue weighted by Gasteiger charge is -2.50. The van der Waals surface area contributed by atoms with Crippen molar-refractivity contribution in [3.8, 4) is 0 Å². The molecule has 0 heterocycles. The quantitative estimate of drug-likeness (QED) is 0.0990. The average molecular weight is 1090 g/mol. The molecule has 0 amide bonds. The third-order valence-electron chi connectivity index (χ3n) is 19.7. The van der Waals surface area contributed by atoms with Gasteiger partial charge in [-0.05, 0) is 210 Å². The van der Waals surface area contributed by atoms with Crippen molar-refractivity contribution < 1.29 is 0 Å². The lowest BCUT2D eigenvalue weighted by atomic mass is 9.56. The van der Waals surface area contributed by atoms with E-state index in [1.54, 1.807) is 6.42 Å². The molecule has 3 aliphatic rings. The maximum atomic E-state index is 2.53. The monoisotopic (exact) mass is 1090 g/mol. The summed E-state index contributed by atoms with van der Waals surface area (Å²) in [5.41, 5.74) is 11.1. The Balaban J connectivity index is 0.000000342. The van der Waals surface area contributed by atoms with Crippen LogP contribution < -0.4 is 0 Å². The molecule has 0 bridgehead atoms. The third-order valence-corrected chi connectivity index (χ3v) is 19.7. The Hall–Kier alpha value is -2.34. The fourth-order valence-corrected chi connectivity index (χ4v) is 14.1. The van der Waals surface area contributed by atoms with Crippen LogP contribution in [0.2, 0.25) is 0 Å². The summed E-state index contributed by atoms with van der Waals surface area (Å²) >= 11 is 0. The van der Waals surface area contributed by atoms with Crippen LogP contribution in [0.25, 0.3) is 0 Å². The van der Waals surface area contributed by atoms with Crippen LogP contribution in [0, 0.1) is 82.9 Å². The van der Waals surface area contributed by atoms with Gasteiger partial charge in [0.1, 0.15) is 0 Å². The molecule has 3 aromatic rings. The number of rotatable bonds is 20. The van der Waals surface area contributed by atoms with Crippen molar-refractivity contribution in [3.05, 3.63) is 106 Å². The Morgan fingerprint density at radius 3 is 1.14 bits per heavy atom. The second kappa shape index (κ2) is 37.1. The maximum Gasteiger partial charge on any atom is -0.00258 e. The van der Waals surface area contributed by atoms with E-state index < -0.39 is 0 Å². The van der Waals surface area contributed by atoms with Gasteiger partial charge >= 0.3 is 0 Å². The molecule has 454 valence electrons. The van der Waals surface area contributed by atoms with Crippen LogP contribution in [0.3, 0.4) is 0 Å². The van der Waals surface area contributed by atoms with E-state index in [-0.39, 0.29) is 0 Å². The van der Waals surface area contributed by atoms with Crippen LogP contribution in [-0.4, -0.2) is 0 Å². The minimum Gasteiger partial charge on any atom is -0.0628 e. The summed E-state index contributed by atoms with van der Waals surface area (Å²) in [4.78, 5) is 0. The molecular weight excluding hydrogens is 949 g/mol. The molecule has 3 fully saturated rings. The van der Waals surface area contributed by atoms with E-state index in [1.807, 2.05) is 0 Å². The predicted molar refractivity (Wildman–Crippen MR) is 359 cm³/mol. The maximum absolute atomic E-state index is 2.53. The highest BCUT2D eigenvalue weighted by atomic mass is 14.5. The minimum atomic E-state index is 0.560. The van der Waals surface area contributed by atoms with Crippen molar-refractivity contribution in [2.75, 3.05) is 0 Å². The van der Waals surface area contributed by atoms with Crippen LogP contribution in [0.1, 0.15) is 344 Å². The fourth-order valence-electron chi connectivity index (χ4n) is 14.1. The Labute approximate surface area is 497 Å². The number of hydrogen-bond acceptors (Lipinski definition) is 0. The second-order valence-corrected chi connectivity index (χ2v) is 31.4. The summed E-state index contributed by atoms with van der Waals surface area (Å²) in [5.74, 6) is 12.9. The molecule has 2 unspecified atom stereocenters. The van der Waals surface area contributed by atoms with Crippen molar-refractivity contribution in [1.29, 1.82) is 0 Å². The van der Waals surface area contributed by atoms with E-state index in [1.165, 1.54) is 155 Å². The van der Waals surface area contributed by atoms with Gasteiger partial charge < -0.3 is 0 Å². The summed E-state index contributed by atoms with van der Waals surface area (Å²) in [6.45, 7) is 56.1. The molecule has 0 saturated heterocycles. The Morgan fingerprint density at radius 2 is 0.810 bits per heavy atom. The van der Waals surface area contributed by atoms with Crippen LogP contribution in [0.4, 0.5) is 0 Å².